The number of rotatable bonds is 2. The number of pyridine rings is 1. The van der Waals surface area contributed by atoms with Gasteiger partial charge in [0.1, 0.15) is 0 Å². The molecule has 0 aliphatic rings. The molecule has 2 aromatic heterocycles. The zero-order chi connectivity index (χ0) is 11.0. The maximum Gasteiger partial charge on any atom is 0.158 e. The zero-order valence-corrected chi connectivity index (χ0v) is 9.73. The summed E-state index contributed by atoms with van der Waals surface area (Å²) in [6, 6.07) is 4.54. The number of hydrogen-bond donors (Lipinski definition) is 0. The Morgan fingerprint density at radius 1 is 1.13 bits per heavy atom. The molecule has 0 saturated carbocycles. The van der Waals surface area contributed by atoms with Crippen LogP contribution in [0.25, 0.3) is 11.0 Å². The minimum atomic E-state index is 0.359. The van der Waals surface area contributed by atoms with Gasteiger partial charge in [-0.05, 0) is 31.9 Å². The van der Waals surface area contributed by atoms with Crippen molar-refractivity contribution in [3.63, 3.8) is 0 Å². The average Bonchev–Trinajstić information content (AvgIpc) is 2.59. The fourth-order valence-electron chi connectivity index (χ4n) is 1.64. The molecule has 2 heterocycles. The molecule has 0 amide bonds. The zero-order valence-electron chi connectivity index (χ0n) is 9.73. The third kappa shape index (κ3) is 1.74. The molecule has 0 bridgehead atoms. The molecule has 3 nitrogen and oxygen atoms in total. The number of fused-ring (bicyclic) bond motifs is 1. The fourth-order valence-corrected chi connectivity index (χ4v) is 1.64. The van der Waals surface area contributed by atoms with Crippen LogP contribution in [0, 0.1) is 0 Å². The topological polar surface area (TPSA) is 30.7 Å². The lowest BCUT2D eigenvalue weighted by Crippen LogP contribution is -2.04. The minimum absolute atomic E-state index is 0.359. The molecule has 3 heteroatoms. The van der Waals surface area contributed by atoms with E-state index >= 15 is 0 Å². The van der Waals surface area contributed by atoms with Gasteiger partial charge >= 0.3 is 0 Å². The molecule has 0 aromatic carbocycles. The van der Waals surface area contributed by atoms with Gasteiger partial charge < -0.3 is 0 Å². The van der Waals surface area contributed by atoms with Gasteiger partial charge in [0, 0.05) is 17.1 Å². The van der Waals surface area contributed by atoms with Crippen molar-refractivity contribution in [3.05, 3.63) is 24.0 Å². The van der Waals surface area contributed by atoms with Gasteiger partial charge in [-0.1, -0.05) is 13.8 Å². The second kappa shape index (κ2) is 3.65. The lowest BCUT2D eigenvalue weighted by Gasteiger charge is -2.08. The van der Waals surface area contributed by atoms with Crippen molar-refractivity contribution in [2.24, 2.45) is 0 Å². The molecule has 0 aliphatic carbocycles. The van der Waals surface area contributed by atoms with Crippen molar-refractivity contribution in [2.75, 3.05) is 0 Å². The minimum Gasteiger partial charge on any atom is -0.245 e. The Bertz CT molecular complexity index is 469. The average molecular weight is 203 g/mol. The van der Waals surface area contributed by atoms with Crippen LogP contribution in [-0.2, 0) is 0 Å². The van der Waals surface area contributed by atoms with Crippen LogP contribution in [-0.4, -0.2) is 14.8 Å². The molecule has 15 heavy (non-hydrogen) atoms. The summed E-state index contributed by atoms with van der Waals surface area (Å²) < 4.78 is 1.97. The van der Waals surface area contributed by atoms with E-state index in [4.69, 9.17) is 0 Å². The Labute approximate surface area is 90.1 Å². The van der Waals surface area contributed by atoms with Gasteiger partial charge in [-0.25, -0.2) is 9.67 Å². The van der Waals surface area contributed by atoms with Crippen molar-refractivity contribution >= 4 is 11.0 Å². The predicted octanol–water partition coefficient (Wildman–Crippen LogP) is 3.14. The summed E-state index contributed by atoms with van der Waals surface area (Å²) in [5.74, 6) is 0.463. The van der Waals surface area contributed by atoms with Crippen LogP contribution in [0.15, 0.2) is 18.3 Å². The molecule has 2 rings (SSSR count). The van der Waals surface area contributed by atoms with Crippen LogP contribution < -0.4 is 0 Å². The quantitative estimate of drug-likeness (QED) is 0.750. The smallest absolute Gasteiger partial charge is 0.158 e. The summed E-state index contributed by atoms with van der Waals surface area (Å²) in [4.78, 5) is 4.66. The first kappa shape index (κ1) is 10.1. The normalized spacial score (nSPS) is 11.9. The van der Waals surface area contributed by atoms with Crippen molar-refractivity contribution in [1.82, 2.24) is 14.8 Å². The first-order valence-electron chi connectivity index (χ1n) is 5.43. The fraction of sp³-hybridized carbons (Fsp3) is 0.500. The lowest BCUT2D eigenvalue weighted by molar-refractivity contribution is 0.545. The highest BCUT2D eigenvalue weighted by atomic mass is 15.3. The molecule has 0 unspecified atom stereocenters. The monoisotopic (exact) mass is 203 g/mol. The molecule has 0 aliphatic heterocycles. The largest absolute Gasteiger partial charge is 0.245 e. The van der Waals surface area contributed by atoms with E-state index in [1.165, 1.54) is 0 Å². The predicted molar refractivity (Wildman–Crippen MR) is 62.0 cm³/mol. The van der Waals surface area contributed by atoms with Gasteiger partial charge in [-0.3, -0.25) is 0 Å². The lowest BCUT2D eigenvalue weighted by atomic mass is 10.1. The van der Waals surface area contributed by atoms with E-state index in [1.54, 1.807) is 0 Å². The standard InChI is InChI=1S/C12H17N3/c1-8(2)11-6-5-10-7-13-15(9(3)4)12(10)14-11/h5-9H,1-4H3. The molecule has 0 radical (unpaired) electrons. The highest BCUT2D eigenvalue weighted by Gasteiger charge is 2.09. The summed E-state index contributed by atoms with van der Waals surface area (Å²) in [5, 5.41) is 5.47. The van der Waals surface area contributed by atoms with Crippen molar-refractivity contribution in [3.8, 4) is 0 Å². The van der Waals surface area contributed by atoms with Crippen LogP contribution in [0.1, 0.15) is 45.3 Å². The number of aromatic nitrogens is 3. The van der Waals surface area contributed by atoms with E-state index in [2.05, 4.69) is 49.9 Å². The summed E-state index contributed by atoms with van der Waals surface area (Å²) in [6.07, 6.45) is 1.88. The van der Waals surface area contributed by atoms with E-state index in [9.17, 15) is 0 Å². The van der Waals surface area contributed by atoms with Crippen LogP contribution >= 0.6 is 0 Å². The molecule has 2 aromatic rings. The molecular formula is C12H17N3. The Morgan fingerprint density at radius 2 is 1.87 bits per heavy atom. The first-order chi connectivity index (χ1) is 7.09. The van der Waals surface area contributed by atoms with E-state index in [0.29, 0.717) is 12.0 Å². The highest BCUT2D eigenvalue weighted by molar-refractivity contribution is 5.74. The number of nitrogens with zero attached hydrogens (tertiary/aromatic N) is 3. The van der Waals surface area contributed by atoms with Gasteiger partial charge in [0.25, 0.3) is 0 Å². The molecule has 0 fully saturated rings. The van der Waals surface area contributed by atoms with E-state index in [-0.39, 0.29) is 0 Å². The molecule has 0 N–H and O–H groups in total. The van der Waals surface area contributed by atoms with Crippen LogP contribution in [0.5, 0.6) is 0 Å². The van der Waals surface area contributed by atoms with E-state index in [0.717, 1.165) is 16.7 Å². The second-order valence-corrected chi connectivity index (χ2v) is 4.49. The highest BCUT2D eigenvalue weighted by Crippen LogP contribution is 2.19. The first-order valence-corrected chi connectivity index (χ1v) is 5.43. The summed E-state index contributed by atoms with van der Waals surface area (Å²) in [7, 11) is 0. The van der Waals surface area contributed by atoms with Gasteiger partial charge in [-0.15, -0.1) is 0 Å². The molecule has 0 spiro atoms. The summed E-state index contributed by atoms with van der Waals surface area (Å²) in [6.45, 7) is 8.56. The molecule has 0 atom stereocenters. The van der Waals surface area contributed by atoms with Gasteiger partial charge in [0.05, 0.1) is 6.20 Å². The third-order valence-electron chi connectivity index (χ3n) is 2.55. The summed E-state index contributed by atoms with van der Waals surface area (Å²) >= 11 is 0. The van der Waals surface area contributed by atoms with Gasteiger partial charge in [0.2, 0.25) is 0 Å². The molecule has 0 saturated heterocycles. The Hall–Kier alpha value is -1.38. The second-order valence-electron chi connectivity index (χ2n) is 4.49. The van der Waals surface area contributed by atoms with Crippen molar-refractivity contribution in [2.45, 2.75) is 39.7 Å². The van der Waals surface area contributed by atoms with Crippen LogP contribution in [0.4, 0.5) is 0 Å². The summed E-state index contributed by atoms with van der Waals surface area (Å²) in [5.41, 5.74) is 2.13. The van der Waals surface area contributed by atoms with Crippen LogP contribution in [0.3, 0.4) is 0 Å². The SMILES string of the molecule is CC(C)c1ccc2cnn(C(C)C)c2n1. The van der Waals surface area contributed by atoms with E-state index < -0.39 is 0 Å². The van der Waals surface area contributed by atoms with Gasteiger partial charge in [0.15, 0.2) is 5.65 Å². The Balaban J connectivity index is 2.61. The van der Waals surface area contributed by atoms with Crippen molar-refractivity contribution in [1.29, 1.82) is 0 Å². The number of hydrogen-bond acceptors (Lipinski definition) is 2. The molecule has 80 valence electrons. The maximum absolute atomic E-state index is 4.66. The van der Waals surface area contributed by atoms with Crippen LogP contribution in [0.2, 0.25) is 0 Å². The Morgan fingerprint density at radius 3 is 2.47 bits per heavy atom. The van der Waals surface area contributed by atoms with Gasteiger partial charge in [-0.2, -0.15) is 5.10 Å². The van der Waals surface area contributed by atoms with Crippen molar-refractivity contribution < 1.29 is 0 Å². The third-order valence-corrected chi connectivity index (χ3v) is 2.55. The Kier molecular flexibility index (Phi) is 2.47. The maximum atomic E-state index is 4.66. The van der Waals surface area contributed by atoms with E-state index in [1.807, 2.05) is 10.9 Å². The molecular weight excluding hydrogens is 186 g/mol.